The Hall–Kier alpha value is -3.26. The average Bonchev–Trinajstić information content (AvgIpc) is 3.09. The number of rotatable bonds is 4. The van der Waals surface area contributed by atoms with Gasteiger partial charge in [0, 0.05) is 22.1 Å². The van der Waals surface area contributed by atoms with Crippen molar-refractivity contribution in [2.45, 2.75) is 16.7 Å². The summed E-state index contributed by atoms with van der Waals surface area (Å²) in [6.45, 7) is 2.28. The van der Waals surface area contributed by atoms with E-state index in [9.17, 15) is 4.79 Å². The number of hydrogen-bond acceptors (Lipinski definition) is 6. The molecule has 7 nitrogen and oxygen atoms in total. The number of nitrogens with zero attached hydrogens (tertiary/aromatic N) is 3. The molecule has 1 aliphatic rings. The van der Waals surface area contributed by atoms with E-state index in [1.165, 1.54) is 9.79 Å². The van der Waals surface area contributed by atoms with E-state index in [1.807, 2.05) is 24.3 Å². The third kappa shape index (κ3) is 3.80. The molecule has 0 fully saturated rings. The minimum absolute atomic E-state index is 0.344. The Kier molecular flexibility index (Phi) is 4.80. The van der Waals surface area contributed by atoms with Gasteiger partial charge in [-0.2, -0.15) is 5.10 Å². The summed E-state index contributed by atoms with van der Waals surface area (Å²) in [7, 11) is 0. The summed E-state index contributed by atoms with van der Waals surface area (Å²) in [6.07, 6.45) is 1.66. The van der Waals surface area contributed by atoms with Crippen LogP contribution in [0.15, 0.2) is 74.0 Å². The van der Waals surface area contributed by atoms with Gasteiger partial charge < -0.3 is 9.42 Å². The second-order valence-electron chi connectivity index (χ2n) is 5.85. The number of aryl methyl sites for hydroxylation is 1. The molecule has 136 valence electrons. The average molecular weight is 379 g/mol. The van der Waals surface area contributed by atoms with Gasteiger partial charge in [0.25, 0.3) is 0 Å². The van der Waals surface area contributed by atoms with Crippen LogP contribution in [0.5, 0.6) is 0 Å². The quantitative estimate of drug-likeness (QED) is 0.519. The first-order chi connectivity index (χ1) is 13.2. The number of para-hydroxylation sites is 2. The summed E-state index contributed by atoms with van der Waals surface area (Å²) in [5, 5.41) is 10.3. The van der Waals surface area contributed by atoms with Crippen molar-refractivity contribution in [3.8, 4) is 0 Å². The molecular weight excluding hydrogens is 362 g/mol. The highest BCUT2D eigenvalue weighted by Gasteiger charge is 2.21. The Morgan fingerprint density at radius 1 is 1.19 bits per heavy atom. The number of carbonyl (C=O) groups excluding carboxylic acids is 1. The maximum absolute atomic E-state index is 11.8. The minimum Gasteiger partial charge on any atom is -0.360 e. The molecule has 1 aromatic heterocycles. The van der Waals surface area contributed by atoms with Gasteiger partial charge in [-0.1, -0.05) is 41.2 Å². The van der Waals surface area contributed by atoms with Crippen LogP contribution in [0.1, 0.15) is 5.76 Å². The van der Waals surface area contributed by atoms with Crippen LogP contribution in [0.2, 0.25) is 0 Å². The zero-order valence-electron chi connectivity index (χ0n) is 14.5. The van der Waals surface area contributed by atoms with Gasteiger partial charge >= 0.3 is 6.03 Å². The molecule has 1 aliphatic heterocycles. The zero-order chi connectivity index (χ0) is 18.6. The highest BCUT2D eigenvalue weighted by molar-refractivity contribution is 7.99. The fourth-order valence-corrected chi connectivity index (χ4v) is 3.87. The van der Waals surface area contributed by atoms with Crippen LogP contribution < -0.4 is 15.6 Å². The third-order valence-corrected chi connectivity index (χ3v) is 5.05. The van der Waals surface area contributed by atoms with E-state index in [4.69, 9.17) is 4.52 Å². The van der Waals surface area contributed by atoms with E-state index in [-0.39, 0.29) is 0 Å². The molecule has 0 spiro atoms. The van der Waals surface area contributed by atoms with E-state index >= 15 is 0 Å². The molecule has 0 aliphatic carbocycles. The van der Waals surface area contributed by atoms with Gasteiger partial charge in [-0.25, -0.2) is 10.2 Å². The maximum Gasteiger partial charge on any atom is 0.340 e. The predicted octanol–water partition coefficient (Wildman–Crippen LogP) is 4.39. The topological polar surface area (TPSA) is 82.8 Å². The fourth-order valence-electron chi connectivity index (χ4n) is 2.77. The van der Waals surface area contributed by atoms with Gasteiger partial charge in [-0.3, -0.25) is 5.32 Å². The molecular formula is C19H17N5O2S. The van der Waals surface area contributed by atoms with Gasteiger partial charge in [0.1, 0.15) is 5.76 Å². The molecule has 27 heavy (non-hydrogen) atoms. The Labute approximate surface area is 160 Å². The minimum atomic E-state index is -0.477. The number of anilines is 3. The molecule has 8 heteroatoms. The predicted molar refractivity (Wildman–Crippen MR) is 106 cm³/mol. The monoisotopic (exact) mass is 379 g/mol. The molecule has 0 radical (unpaired) electrons. The van der Waals surface area contributed by atoms with Gasteiger partial charge in [0.2, 0.25) is 0 Å². The normalized spacial score (nSPS) is 12.6. The molecule has 3 aromatic rings. The van der Waals surface area contributed by atoms with Crippen LogP contribution in [0.4, 0.5) is 22.0 Å². The lowest BCUT2D eigenvalue weighted by atomic mass is 10.2. The molecule has 4 rings (SSSR count). The number of carbonyl (C=O) groups is 1. The largest absolute Gasteiger partial charge is 0.360 e. The number of fused-ring (bicyclic) bond motifs is 2. The summed E-state index contributed by atoms with van der Waals surface area (Å²) in [5.74, 6) is 0.963. The highest BCUT2D eigenvalue weighted by atomic mass is 32.2. The first-order valence-electron chi connectivity index (χ1n) is 8.36. The van der Waals surface area contributed by atoms with E-state index in [0.717, 1.165) is 11.4 Å². The first-order valence-corrected chi connectivity index (χ1v) is 9.17. The van der Waals surface area contributed by atoms with Crippen molar-refractivity contribution in [3.05, 3.63) is 60.4 Å². The van der Waals surface area contributed by atoms with Gasteiger partial charge in [-0.15, -0.1) is 0 Å². The first kappa shape index (κ1) is 17.2. The SMILES string of the molecule is Cc1cc(NC(=O)N/N=C/CN2c3ccccc3Sc3ccccc32)no1. The van der Waals surface area contributed by atoms with Crippen molar-refractivity contribution in [3.63, 3.8) is 0 Å². The fraction of sp³-hybridized carbons (Fsp3) is 0.105. The summed E-state index contributed by atoms with van der Waals surface area (Å²) in [6, 6.07) is 17.6. The standard InChI is InChI=1S/C19H17N5O2S/c1-13-12-18(23-26-13)21-19(25)22-20-10-11-24-14-6-2-4-8-16(14)27-17-9-5-3-7-15(17)24/h2-10,12H,11H2,1H3,(H2,21,22,23,25)/b20-10+. The second-order valence-corrected chi connectivity index (χ2v) is 6.93. The number of urea groups is 1. The molecule has 0 atom stereocenters. The molecule has 0 saturated carbocycles. The number of nitrogens with one attached hydrogen (secondary N) is 2. The lowest BCUT2D eigenvalue weighted by Gasteiger charge is -2.31. The molecule has 0 bridgehead atoms. The Bertz CT molecular complexity index is 956. The molecule has 2 aromatic carbocycles. The molecule has 0 unspecified atom stereocenters. The van der Waals surface area contributed by atoms with Crippen LogP contribution in [0.25, 0.3) is 0 Å². The van der Waals surface area contributed by atoms with Crippen molar-refractivity contribution >= 4 is 41.2 Å². The smallest absolute Gasteiger partial charge is 0.340 e. The van der Waals surface area contributed by atoms with Crippen molar-refractivity contribution in [1.29, 1.82) is 0 Å². The number of benzene rings is 2. The summed E-state index contributed by atoms with van der Waals surface area (Å²) in [5.41, 5.74) is 4.67. The van der Waals surface area contributed by atoms with Crippen LogP contribution in [-0.4, -0.2) is 23.9 Å². The van der Waals surface area contributed by atoms with Gasteiger partial charge in [0.05, 0.1) is 17.9 Å². The molecule has 2 heterocycles. The van der Waals surface area contributed by atoms with E-state index in [2.05, 4.69) is 50.2 Å². The van der Waals surface area contributed by atoms with Crippen molar-refractivity contribution in [2.75, 3.05) is 16.8 Å². The Morgan fingerprint density at radius 2 is 1.85 bits per heavy atom. The van der Waals surface area contributed by atoms with E-state index in [1.54, 1.807) is 31.0 Å². The van der Waals surface area contributed by atoms with E-state index in [0.29, 0.717) is 18.1 Å². The number of amides is 2. The van der Waals surface area contributed by atoms with Crippen molar-refractivity contribution in [2.24, 2.45) is 5.10 Å². The van der Waals surface area contributed by atoms with Crippen LogP contribution in [-0.2, 0) is 0 Å². The number of hydrogen-bond donors (Lipinski definition) is 2. The van der Waals surface area contributed by atoms with Crippen molar-refractivity contribution in [1.82, 2.24) is 10.6 Å². The van der Waals surface area contributed by atoms with Gasteiger partial charge in [0.15, 0.2) is 5.82 Å². The summed E-state index contributed by atoms with van der Waals surface area (Å²) in [4.78, 5) is 16.4. The highest BCUT2D eigenvalue weighted by Crippen LogP contribution is 2.47. The molecule has 2 amide bonds. The van der Waals surface area contributed by atoms with Crippen molar-refractivity contribution < 1.29 is 9.32 Å². The lowest BCUT2D eigenvalue weighted by Crippen LogP contribution is -2.27. The third-order valence-electron chi connectivity index (χ3n) is 3.92. The zero-order valence-corrected chi connectivity index (χ0v) is 15.4. The summed E-state index contributed by atoms with van der Waals surface area (Å²) < 4.78 is 4.90. The van der Waals surface area contributed by atoms with Gasteiger partial charge in [-0.05, 0) is 31.2 Å². The molecule has 0 saturated heterocycles. The molecule has 2 N–H and O–H groups in total. The number of aromatic nitrogens is 1. The van der Waals surface area contributed by atoms with Crippen LogP contribution >= 0.6 is 11.8 Å². The maximum atomic E-state index is 11.8. The lowest BCUT2D eigenvalue weighted by molar-refractivity contribution is 0.252. The Balaban J connectivity index is 1.43. The second kappa shape index (κ2) is 7.55. The van der Waals surface area contributed by atoms with Crippen LogP contribution in [0, 0.1) is 6.92 Å². The van der Waals surface area contributed by atoms with E-state index < -0.39 is 6.03 Å². The Morgan fingerprint density at radius 3 is 2.48 bits per heavy atom. The number of hydrazone groups is 1. The summed E-state index contributed by atoms with van der Waals surface area (Å²) >= 11 is 1.75. The van der Waals surface area contributed by atoms with Crippen LogP contribution in [0.3, 0.4) is 0 Å².